The van der Waals surface area contributed by atoms with E-state index in [1.807, 2.05) is 27.7 Å². The van der Waals surface area contributed by atoms with Crippen LogP contribution in [0.25, 0.3) is 0 Å². The first-order valence-electron chi connectivity index (χ1n) is 8.39. The number of nitrogens with zero attached hydrogens (tertiary/aromatic N) is 2. The third kappa shape index (κ3) is 7.34. The molecule has 1 aromatic rings. The molecule has 0 aliphatic rings. The zero-order valence-electron chi connectivity index (χ0n) is 15.0. The lowest BCUT2D eigenvalue weighted by Gasteiger charge is -2.23. The van der Waals surface area contributed by atoms with Gasteiger partial charge in [-0.1, -0.05) is 27.7 Å². The summed E-state index contributed by atoms with van der Waals surface area (Å²) in [5.41, 5.74) is 0.239. The van der Waals surface area contributed by atoms with Crippen molar-refractivity contribution in [1.82, 2.24) is 15.2 Å². The third-order valence-corrected chi connectivity index (χ3v) is 3.51. The third-order valence-electron chi connectivity index (χ3n) is 3.24. The normalized spacial score (nSPS) is 11.1. The van der Waals surface area contributed by atoms with Gasteiger partial charge in [0.1, 0.15) is 6.26 Å². The molecular weight excluding hydrogens is 330 g/mol. The van der Waals surface area contributed by atoms with Crippen LogP contribution in [-0.4, -0.2) is 40.7 Å². The van der Waals surface area contributed by atoms with Crippen LogP contribution in [0.2, 0.25) is 0 Å². The van der Waals surface area contributed by atoms with E-state index in [2.05, 4.69) is 10.3 Å². The fraction of sp³-hybridized carbons (Fsp3) is 0.706. The number of halogens is 1. The number of carbonyl (C=O) groups is 2. The van der Waals surface area contributed by atoms with Crippen LogP contribution < -0.4 is 5.32 Å². The van der Waals surface area contributed by atoms with Gasteiger partial charge in [-0.15, -0.1) is 11.6 Å². The molecule has 24 heavy (non-hydrogen) atoms. The molecule has 0 spiro atoms. The molecule has 1 heterocycles. The molecule has 1 rings (SSSR count). The number of alkyl halides is 1. The Morgan fingerprint density at radius 1 is 1.29 bits per heavy atom. The van der Waals surface area contributed by atoms with Crippen LogP contribution in [0, 0.1) is 11.8 Å². The predicted molar refractivity (Wildman–Crippen MR) is 93.9 cm³/mol. The van der Waals surface area contributed by atoms with Crippen LogP contribution >= 0.6 is 11.6 Å². The maximum atomic E-state index is 12.3. The van der Waals surface area contributed by atoms with E-state index in [0.717, 1.165) is 0 Å². The molecule has 1 aromatic heterocycles. The van der Waals surface area contributed by atoms with Crippen molar-refractivity contribution >= 4 is 23.4 Å². The SMILES string of the molecule is CC(C)CNC(=O)c1coc(CN(CC(C)C)C(=O)CCCCl)n1. The lowest BCUT2D eigenvalue weighted by Crippen LogP contribution is -2.34. The standard InChI is InChI=1S/C17H28ClN3O3/c1-12(2)8-19-17(23)14-11-24-15(20-14)10-21(9-13(3)4)16(22)6-5-7-18/h11-13H,5-10H2,1-4H3,(H,19,23). The van der Waals surface area contributed by atoms with E-state index in [-0.39, 0.29) is 24.1 Å². The van der Waals surface area contributed by atoms with Gasteiger partial charge < -0.3 is 14.6 Å². The molecule has 0 aliphatic carbocycles. The van der Waals surface area contributed by atoms with E-state index >= 15 is 0 Å². The number of nitrogens with one attached hydrogen (secondary N) is 1. The lowest BCUT2D eigenvalue weighted by atomic mass is 10.2. The van der Waals surface area contributed by atoms with E-state index in [1.54, 1.807) is 4.90 Å². The first kappa shape index (κ1) is 20.5. The monoisotopic (exact) mass is 357 g/mol. The van der Waals surface area contributed by atoms with Crippen LogP contribution in [0.4, 0.5) is 0 Å². The highest BCUT2D eigenvalue weighted by atomic mass is 35.5. The Labute approximate surface area is 148 Å². The number of carbonyl (C=O) groups excluding carboxylic acids is 2. The number of rotatable bonds is 10. The van der Waals surface area contributed by atoms with Crippen molar-refractivity contribution in [2.45, 2.75) is 47.1 Å². The van der Waals surface area contributed by atoms with Crippen molar-refractivity contribution in [3.63, 3.8) is 0 Å². The fourth-order valence-electron chi connectivity index (χ4n) is 2.11. The van der Waals surface area contributed by atoms with Gasteiger partial charge in [-0.25, -0.2) is 4.98 Å². The number of hydrogen-bond donors (Lipinski definition) is 1. The zero-order valence-corrected chi connectivity index (χ0v) is 15.7. The quantitative estimate of drug-likeness (QED) is 0.653. The summed E-state index contributed by atoms with van der Waals surface area (Å²) in [6.45, 7) is 9.58. The summed E-state index contributed by atoms with van der Waals surface area (Å²) in [5.74, 6) is 1.27. The van der Waals surface area contributed by atoms with Gasteiger partial charge >= 0.3 is 0 Å². The van der Waals surface area contributed by atoms with Gasteiger partial charge in [0, 0.05) is 25.4 Å². The molecule has 7 heteroatoms. The van der Waals surface area contributed by atoms with Crippen LogP contribution in [0.5, 0.6) is 0 Å². The lowest BCUT2D eigenvalue weighted by molar-refractivity contribution is -0.132. The minimum atomic E-state index is -0.262. The van der Waals surface area contributed by atoms with E-state index in [1.165, 1.54) is 6.26 Å². The fourth-order valence-corrected chi connectivity index (χ4v) is 2.24. The van der Waals surface area contributed by atoms with Crippen LogP contribution in [-0.2, 0) is 11.3 Å². The van der Waals surface area contributed by atoms with Crippen molar-refractivity contribution in [2.24, 2.45) is 11.8 Å². The Morgan fingerprint density at radius 3 is 2.58 bits per heavy atom. The Hall–Kier alpha value is -1.56. The summed E-state index contributed by atoms with van der Waals surface area (Å²) < 4.78 is 5.37. The number of hydrogen-bond acceptors (Lipinski definition) is 4. The van der Waals surface area contributed by atoms with Crippen LogP contribution in [0.1, 0.15) is 56.9 Å². The van der Waals surface area contributed by atoms with E-state index in [9.17, 15) is 9.59 Å². The van der Waals surface area contributed by atoms with Gasteiger partial charge in [0.15, 0.2) is 5.69 Å². The van der Waals surface area contributed by atoms with Crippen molar-refractivity contribution in [1.29, 1.82) is 0 Å². The molecule has 0 saturated heterocycles. The number of amides is 2. The van der Waals surface area contributed by atoms with Crippen molar-refractivity contribution in [3.8, 4) is 0 Å². The topological polar surface area (TPSA) is 75.4 Å². The molecule has 6 nitrogen and oxygen atoms in total. The highest BCUT2D eigenvalue weighted by molar-refractivity contribution is 6.17. The molecule has 0 radical (unpaired) electrons. The summed E-state index contributed by atoms with van der Waals surface area (Å²) in [7, 11) is 0. The molecular formula is C17H28ClN3O3. The summed E-state index contributed by atoms with van der Waals surface area (Å²) in [6.07, 6.45) is 2.38. The van der Waals surface area contributed by atoms with Gasteiger partial charge in [-0.2, -0.15) is 0 Å². The molecule has 0 fully saturated rings. The van der Waals surface area contributed by atoms with Gasteiger partial charge in [-0.05, 0) is 18.3 Å². The average Bonchev–Trinajstić information content (AvgIpc) is 2.97. The summed E-state index contributed by atoms with van der Waals surface area (Å²) >= 11 is 5.66. The maximum Gasteiger partial charge on any atom is 0.273 e. The first-order chi connectivity index (χ1) is 11.3. The van der Waals surface area contributed by atoms with Gasteiger partial charge in [0.2, 0.25) is 11.8 Å². The number of oxazole rings is 1. The highest BCUT2D eigenvalue weighted by Crippen LogP contribution is 2.11. The van der Waals surface area contributed by atoms with Crippen molar-refractivity contribution < 1.29 is 14.0 Å². The second kappa shape index (κ2) is 10.3. The molecule has 0 aliphatic heterocycles. The van der Waals surface area contributed by atoms with Gasteiger partial charge in [0.25, 0.3) is 5.91 Å². The second-order valence-corrected chi connectivity index (χ2v) is 7.07. The minimum Gasteiger partial charge on any atom is -0.446 e. The molecule has 2 amide bonds. The van der Waals surface area contributed by atoms with Crippen molar-refractivity contribution in [3.05, 3.63) is 17.8 Å². The Balaban J connectivity index is 2.69. The summed E-state index contributed by atoms with van der Waals surface area (Å²) in [6, 6.07) is 0. The highest BCUT2D eigenvalue weighted by Gasteiger charge is 2.19. The maximum absolute atomic E-state index is 12.3. The molecule has 0 aromatic carbocycles. The molecule has 136 valence electrons. The Kier molecular flexibility index (Phi) is 8.82. The van der Waals surface area contributed by atoms with Gasteiger partial charge in [-0.3, -0.25) is 9.59 Å². The Morgan fingerprint density at radius 2 is 2.00 bits per heavy atom. The van der Waals surface area contributed by atoms with E-state index < -0.39 is 0 Å². The summed E-state index contributed by atoms with van der Waals surface area (Å²) in [5, 5.41) is 2.79. The van der Waals surface area contributed by atoms with Crippen molar-refractivity contribution in [2.75, 3.05) is 19.0 Å². The molecule has 1 N–H and O–H groups in total. The van der Waals surface area contributed by atoms with Crippen LogP contribution in [0.15, 0.2) is 10.7 Å². The van der Waals surface area contributed by atoms with E-state index in [0.29, 0.717) is 49.5 Å². The van der Waals surface area contributed by atoms with Gasteiger partial charge in [0.05, 0.1) is 6.54 Å². The number of aromatic nitrogens is 1. The predicted octanol–water partition coefficient (Wildman–Crippen LogP) is 3.06. The van der Waals surface area contributed by atoms with Crippen LogP contribution in [0.3, 0.4) is 0 Å². The second-order valence-electron chi connectivity index (χ2n) is 6.69. The molecule has 0 unspecified atom stereocenters. The molecule has 0 atom stereocenters. The molecule has 0 saturated carbocycles. The zero-order chi connectivity index (χ0) is 18.1. The smallest absolute Gasteiger partial charge is 0.273 e. The average molecular weight is 358 g/mol. The first-order valence-corrected chi connectivity index (χ1v) is 8.93. The minimum absolute atomic E-state index is 0.0216. The summed E-state index contributed by atoms with van der Waals surface area (Å²) in [4.78, 5) is 30.2. The molecule has 0 bridgehead atoms. The largest absolute Gasteiger partial charge is 0.446 e. The van der Waals surface area contributed by atoms with E-state index in [4.69, 9.17) is 16.0 Å². The Bertz CT molecular complexity index is 529.